The second kappa shape index (κ2) is 3.83. The van der Waals surface area contributed by atoms with E-state index in [0.29, 0.717) is 18.7 Å². The zero-order valence-corrected chi connectivity index (χ0v) is 9.65. The van der Waals surface area contributed by atoms with Gasteiger partial charge in [-0.1, -0.05) is 13.8 Å². The van der Waals surface area contributed by atoms with Gasteiger partial charge in [0.1, 0.15) is 11.4 Å². The van der Waals surface area contributed by atoms with Crippen molar-refractivity contribution >= 4 is 11.9 Å². The number of aromatic nitrogens is 3. The lowest BCUT2D eigenvalue weighted by atomic mass is 10.2. The predicted octanol–water partition coefficient (Wildman–Crippen LogP) is 0.275. The van der Waals surface area contributed by atoms with Crippen LogP contribution in [0.15, 0.2) is 0 Å². The maximum atomic E-state index is 11.7. The van der Waals surface area contributed by atoms with Crippen LogP contribution in [-0.4, -0.2) is 37.7 Å². The van der Waals surface area contributed by atoms with Gasteiger partial charge in [0.25, 0.3) is 5.91 Å². The number of nitrogens with zero attached hydrogens (tertiary/aromatic N) is 2. The van der Waals surface area contributed by atoms with Gasteiger partial charge in [0, 0.05) is 5.92 Å². The highest BCUT2D eigenvalue weighted by Crippen LogP contribution is 2.35. The minimum absolute atomic E-state index is 0.0128. The van der Waals surface area contributed by atoms with E-state index >= 15 is 0 Å². The molecule has 1 heterocycles. The van der Waals surface area contributed by atoms with Crippen LogP contribution in [0.5, 0.6) is 0 Å². The lowest BCUT2D eigenvalue weighted by Crippen LogP contribution is -2.43. The third-order valence-corrected chi connectivity index (χ3v) is 2.76. The molecule has 1 saturated carbocycles. The van der Waals surface area contributed by atoms with Crippen molar-refractivity contribution in [1.29, 1.82) is 0 Å². The Balaban J connectivity index is 2.07. The van der Waals surface area contributed by atoms with E-state index in [0.717, 1.165) is 0 Å². The van der Waals surface area contributed by atoms with E-state index in [4.69, 9.17) is 5.11 Å². The van der Waals surface area contributed by atoms with Crippen LogP contribution in [0.1, 0.15) is 49.1 Å². The predicted molar refractivity (Wildman–Crippen MR) is 57.5 cm³/mol. The number of aliphatic carboxylic acids is 1. The Morgan fingerprint density at radius 2 is 2.12 bits per heavy atom. The van der Waals surface area contributed by atoms with Crippen molar-refractivity contribution in [3.63, 3.8) is 0 Å². The molecule has 3 N–H and O–H groups in total. The Morgan fingerprint density at radius 3 is 2.53 bits per heavy atom. The molecule has 0 unspecified atom stereocenters. The molecule has 1 aromatic heterocycles. The Labute approximate surface area is 97.6 Å². The van der Waals surface area contributed by atoms with Crippen LogP contribution >= 0.6 is 0 Å². The van der Waals surface area contributed by atoms with Gasteiger partial charge in [0.05, 0.1) is 0 Å². The van der Waals surface area contributed by atoms with Crippen molar-refractivity contribution in [2.24, 2.45) is 0 Å². The molecule has 17 heavy (non-hydrogen) atoms. The second-order valence-corrected chi connectivity index (χ2v) is 4.54. The van der Waals surface area contributed by atoms with Crippen molar-refractivity contribution in [3.8, 4) is 0 Å². The van der Waals surface area contributed by atoms with Gasteiger partial charge in [-0.2, -0.15) is 0 Å². The number of hydrogen-bond donors (Lipinski definition) is 3. The summed E-state index contributed by atoms with van der Waals surface area (Å²) < 4.78 is 0. The molecule has 0 spiro atoms. The molecule has 92 valence electrons. The summed E-state index contributed by atoms with van der Waals surface area (Å²) in [5.41, 5.74) is -1.10. The first-order valence-corrected chi connectivity index (χ1v) is 5.43. The fourth-order valence-corrected chi connectivity index (χ4v) is 1.42. The molecule has 7 nitrogen and oxygen atoms in total. The van der Waals surface area contributed by atoms with Gasteiger partial charge in [-0.25, -0.2) is 9.78 Å². The summed E-state index contributed by atoms with van der Waals surface area (Å²) in [5, 5.41) is 17.8. The SMILES string of the molecule is CC(C)c1nc(C(=O)NC2(C(=O)O)CC2)n[nH]1. The maximum Gasteiger partial charge on any atom is 0.329 e. The number of hydrogen-bond acceptors (Lipinski definition) is 4. The first-order valence-electron chi connectivity index (χ1n) is 5.43. The van der Waals surface area contributed by atoms with Crippen LogP contribution in [-0.2, 0) is 4.79 Å². The lowest BCUT2D eigenvalue weighted by molar-refractivity contribution is -0.140. The van der Waals surface area contributed by atoms with Crippen LogP contribution in [0.2, 0.25) is 0 Å². The molecule has 0 aliphatic heterocycles. The van der Waals surface area contributed by atoms with Gasteiger partial charge in [0.15, 0.2) is 0 Å². The molecule has 1 aliphatic rings. The Kier molecular flexibility index (Phi) is 2.60. The van der Waals surface area contributed by atoms with Gasteiger partial charge in [-0.15, -0.1) is 5.10 Å². The number of aromatic amines is 1. The standard InChI is InChI=1S/C10H14N4O3/c1-5(2)6-11-7(14-13-6)8(15)12-10(3-4-10)9(16)17/h5H,3-4H2,1-2H3,(H,12,15)(H,16,17)(H,11,13,14). The number of nitrogens with one attached hydrogen (secondary N) is 2. The highest BCUT2D eigenvalue weighted by atomic mass is 16.4. The fraction of sp³-hybridized carbons (Fsp3) is 0.600. The third kappa shape index (κ3) is 2.13. The van der Waals surface area contributed by atoms with Gasteiger partial charge >= 0.3 is 5.97 Å². The minimum Gasteiger partial charge on any atom is -0.480 e. The van der Waals surface area contributed by atoms with Gasteiger partial charge in [-0.3, -0.25) is 9.89 Å². The lowest BCUT2D eigenvalue weighted by Gasteiger charge is -2.09. The number of amides is 1. The van der Waals surface area contributed by atoms with E-state index in [1.165, 1.54) is 0 Å². The van der Waals surface area contributed by atoms with E-state index in [9.17, 15) is 9.59 Å². The number of carbonyl (C=O) groups is 2. The topological polar surface area (TPSA) is 108 Å². The number of carboxylic acid groups (broad SMARTS) is 1. The molecule has 1 aliphatic carbocycles. The van der Waals surface area contributed by atoms with Crippen LogP contribution in [0.4, 0.5) is 0 Å². The van der Waals surface area contributed by atoms with Crippen molar-refractivity contribution in [1.82, 2.24) is 20.5 Å². The second-order valence-electron chi connectivity index (χ2n) is 4.54. The van der Waals surface area contributed by atoms with Gasteiger partial charge in [-0.05, 0) is 12.8 Å². The van der Waals surface area contributed by atoms with Crippen LogP contribution in [0.3, 0.4) is 0 Å². The molecule has 0 saturated heterocycles. The third-order valence-electron chi connectivity index (χ3n) is 2.76. The van der Waals surface area contributed by atoms with E-state index < -0.39 is 17.4 Å². The summed E-state index contributed by atoms with van der Waals surface area (Å²) in [6.45, 7) is 3.84. The molecule has 0 aromatic carbocycles. The van der Waals surface area contributed by atoms with Crippen molar-refractivity contribution in [3.05, 3.63) is 11.6 Å². The van der Waals surface area contributed by atoms with E-state index in [1.54, 1.807) is 0 Å². The molecule has 0 bridgehead atoms. The smallest absolute Gasteiger partial charge is 0.329 e. The number of carboxylic acids is 1. The zero-order chi connectivity index (χ0) is 12.6. The molecule has 0 radical (unpaired) electrons. The summed E-state index contributed by atoms with van der Waals surface area (Å²) in [6, 6.07) is 0. The van der Waals surface area contributed by atoms with Crippen LogP contribution < -0.4 is 5.32 Å². The first kappa shape index (κ1) is 11.6. The fourth-order valence-electron chi connectivity index (χ4n) is 1.42. The van der Waals surface area contributed by atoms with Crippen molar-refractivity contribution < 1.29 is 14.7 Å². The number of H-pyrrole nitrogens is 1. The highest BCUT2D eigenvalue weighted by molar-refractivity contribution is 5.96. The van der Waals surface area contributed by atoms with Gasteiger partial charge in [0.2, 0.25) is 5.82 Å². The normalized spacial score (nSPS) is 16.9. The summed E-state index contributed by atoms with van der Waals surface area (Å²) >= 11 is 0. The largest absolute Gasteiger partial charge is 0.480 e. The Hall–Kier alpha value is -1.92. The van der Waals surface area contributed by atoms with Crippen molar-refractivity contribution in [2.45, 2.75) is 38.1 Å². The molecule has 0 atom stereocenters. The van der Waals surface area contributed by atoms with E-state index in [1.807, 2.05) is 13.8 Å². The highest BCUT2D eigenvalue weighted by Gasteiger charge is 2.52. The monoisotopic (exact) mass is 238 g/mol. The van der Waals surface area contributed by atoms with Crippen LogP contribution in [0.25, 0.3) is 0 Å². The Bertz CT molecular complexity index is 462. The summed E-state index contributed by atoms with van der Waals surface area (Å²) in [5.74, 6) is -0.825. The molecule has 2 rings (SSSR count). The van der Waals surface area contributed by atoms with Gasteiger partial charge < -0.3 is 10.4 Å². The average Bonchev–Trinajstić information content (AvgIpc) is 2.87. The summed E-state index contributed by atoms with van der Waals surface area (Å²) in [6.07, 6.45) is 0.908. The molecule has 7 heteroatoms. The quantitative estimate of drug-likeness (QED) is 0.698. The number of rotatable bonds is 4. The van der Waals surface area contributed by atoms with Crippen LogP contribution in [0, 0.1) is 0 Å². The van der Waals surface area contributed by atoms with E-state index in [-0.39, 0.29) is 11.7 Å². The van der Waals surface area contributed by atoms with Crippen molar-refractivity contribution in [2.75, 3.05) is 0 Å². The molecular formula is C10H14N4O3. The average molecular weight is 238 g/mol. The molecular weight excluding hydrogens is 224 g/mol. The molecule has 1 fully saturated rings. The summed E-state index contributed by atoms with van der Waals surface area (Å²) in [4.78, 5) is 26.6. The molecule has 1 aromatic rings. The number of carbonyl (C=O) groups excluding carboxylic acids is 1. The Morgan fingerprint density at radius 1 is 1.47 bits per heavy atom. The van der Waals surface area contributed by atoms with E-state index in [2.05, 4.69) is 20.5 Å². The summed E-state index contributed by atoms with van der Waals surface area (Å²) in [7, 11) is 0. The maximum absolute atomic E-state index is 11.7. The zero-order valence-electron chi connectivity index (χ0n) is 9.65. The minimum atomic E-state index is -1.10. The first-order chi connectivity index (χ1) is 7.94. The molecule has 1 amide bonds.